The van der Waals surface area contributed by atoms with E-state index in [4.69, 9.17) is 21.1 Å². The van der Waals surface area contributed by atoms with E-state index in [1.807, 2.05) is 12.1 Å². The Kier molecular flexibility index (Phi) is 5.94. The summed E-state index contributed by atoms with van der Waals surface area (Å²) in [6, 6.07) is 20.2. The average molecular weight is 477 g/mol. The van der Waals surface area contributed by atoms with Crippen molar-refractivity contribution in [2.45, 2.75) is 25.4 Å². The third kappa shape index (κ3) is 4.34. The number of benzene rings is 3. The van der Waals surface area contributed by atoms with Gasteiger partial charge < -0.3 is 14.4 Å². The van der Waals surface area contributed by atoms with Gasteiger partial charge in [0.05, 0.1) is 18.5 Å². The molecule has 1 unspecified atom stereocenters. The van der Waals surface area contributed by atoms with Crippen LogP contribution in [0.25, 0.3) is 0 Å². The van der Waals surface area contributed by atoms with E-state index < -0.39 is 11.9 Å². The van der Waals surface area contributed by atoms with Gasteiger partial charge in [0.25, 0.3) is 5.91 Å². The van der Waals surface area contributed by atoms with Crippen LogP contribution < -0.4 is 14.4 Å². The van der Waals surface area contributed by atoms with Gasteiger partial charge in [0, 0.05) is 11.6 Å². The number of anilines is 1. The second-order valence-electron chi connectivity index (χ2n) is 8.14. The lowest BCUT2D eigenvalue weighted by molar-refractivity contribution is -0.138. The van der Waals surface area contributed by atoms with Gasteiger partial charge in [0.2, 0.25) is 18.6 Å². The zero-order chi connectivity index (χ0) is 23.7. The van der Waals surface area contributed by atoms with E-state index >= 15 is 0 Å². The van der Waals surface area contributed by atoms with Gasteiger partial charge in [-0.1, -0.05) is 48.0 Å². The molecule has 1 saturated heterocycles. The molecule has 172 valence electrons. The molecule has 1 fully saturated rings. The zero-order valence-corrected chi connectivity index (χ0v) is 18.9. The van der Waals surface area contributed by atoms with Gasteiger partial charge in [-0.15, -0.1) is 0 Å². The highest BCUT2D eigenvalue weighted by Gasteiger charge is 2.44. The quantitative estimate of drug-likeness (QED) is 0.503. The lowest BCUT2D eigenvalue weighted by atomic mass is 10.1. The standard InChI is InChI=1S/C26H21ClN2O5/c27-19-9-6-17(7-10-19)13-24(30)28(15-18-8-11-22-23(12-18)34-16-33-22)21-14-25(31)29(26(21)32)20-4-2-1-3-5-20/h1-12,21H,13-16H2. The van der Waals surface area contributed by atoms with Crippen LogP contribution in [0.15, 0.2) is 72.8 Å². The number of hydrogen-bond acceptors (Lipinski definition) is 5. The van der Waals surface area contributed by atoms with Gasteiger partial charge in [-0.2, -0.15) is 0 Å². The maximum absolute atomic E-state index is 13.5. The summed E-state index contributed by atoms with van der Waals surface area (Å²) >= 11 is 5.97. The molecule has 2 heterocycles. The minimum absolute atomic E-state index is 0.0744. The van der Waals surface area contributed by atoms with Crippen molar-refractivity contribution in [1.82, 2.24) is 4.90 Å². The highest BCUT2D eigenvalue weighted by Crippen LogP contribution is 2.34. The molecule has 0 N–H and O–H groups in total. The van der Waals surface area contributed by atoms with Crippen LogP contribution in [0.5, 0.6) is 11.5 Å². The fourth-order valence-corrected chi connectivity index (χ4v) is 4.32. The van der Waals surface area contributed by atoms with Crippen LogP contribution in [0.3, 0.4) is 0 Å². The van der Waals surface area contributed by atoms with Gasteiger partial charge in [0.1, 0.15) is 6.04 Å². The van der Waals surface area contributed by atoms with Crippen LogP contribution in [-0.2, 0) is 27.3 Å². The Bertz CT molecular complexity index is 1250. The second kappa shape index (κ2) is 9.19. The number of para-hydroxylation sites is 1. The van der Waals surface area contributed by atoms with Gasteiger partial charge in [0.15, 0.2) is 11.5 Å². The van der Waals surface area contributed by atoms with Crippen molar-refractivity contribution in [3.05, 3.63) is 88.9 Å². The van der Waals surface area contributed by atoms with E-state index in [2.05, 4.69) is 0 Å². The van der Waals surface area contributed by atoms with E-state index in [0.29, 0.717) is 22.2 Å². The minimum atomic E-state index is -0.905. The Morgan fingerprint density at radius 1 is 0.941 bits per heavy atom. The van der Waals surface area contributed by atoms with Crippen molar-refractivity contribution >= 4 is 35.0 Å². The van der Waals surface area contributed by atoms with Crippen LogP contribution in [0, 0.1) is 0 Å². The van der Waals surface area contributed by atoms with Crippen molar-refractivity contribution in [2.24, 2.45) is 0 Å². The summed E-state index contributed by atoms with van der Waals surface area (Å²) in [4.78, 5) is 42.3. The summed E-state index contributed by atoms with van der Waals surface area (Å²) in [7, 11) is 0. The number of carbonyl (C=O) groups excluding carboxylic acids is 3. The number of ether oxygens (including phenoxy) is 2. The molecule has 0 saturated carbocycles. The Hall–Kier alpha value is -3.84. The smallest absolute Gasteiger partial charge is 0.257 e. The first-order chi connectivity index (χ1) is 16.5. The summed E-state index contributed by atoms with van der Waals surface area (Å²) in [5.41, 5.74) is 2.03. The van der Waals surface area contributed by atoms with Crippen molar-refractivity contribution in [3.63, 3.8) is 0 Å². The molecular weight excluding hydrogens is 456 g/mol. The lowest BCUT2D eigenvalue weighted by Crippen LogP contribution is -2.45. The number of amides is 3. The SMILES string of the molecule is O=C1CC(N(Cc2ccc3c(c2)OCO3)C(=O)Cc2ccc(Cl)cc2)C(=O)N1c1ccccc1. The van der Waals surface area contributed by atoms with E-state index in [1.165, 1.54) is 4.90 Å². The van der Waals surface area contributed by atoms with Crippen LogP contribution >= 0.6 is 11.6 Å². The Morgan fingerprint density at radius 2 is 1.65 bits per heavy atom. The molecule has 2 aliphatic heterocycles. The number of nitrogens with zero attached hydrogens (tertiary/aromatic N) is 2. The third-order valence-electron chi connectivity index (χ3n) is 5.89. The minimum Gasteiger partial charge on any atom is -0.454 e. The van der Waals surface area contributed by atoms with E-state index in [0.717, 1.165) is 16.0 Å². The zero-order valence-electron chi connectivity index (χ0n) is 18.1. The molecule has 3 aromatic carbocycles. The van der Waals surface area contributed by atoms with Crippen molar-refractivity contribution < 1.29 is 23.9 Å². The molecule has 7 nitrogen and oxygen atoms in total. The lowest BCUT2D eigenvalue weighted by Gasteiger charge is -2.28. The van der Waals surface area contributed by atoms with Crippen molar-refractivity contribution in [1.29, 1.82) is 0 Å². The second-order valence-corrected chi connectivity index (χ2v) is 8.57. The summed E-state index contributed by atoms with van der Waals surface area (Å²) in [5, 5.41) is 0.573. The Labute approximate surface area is 201 Å². The first-order valence-electron chi connectivity index (χ1n) is 10.8. The number of halogens is 1. The monoisotopic (exact) mass is 476 g/mol. The van der Waals surface area contributed by atoms with E-state index in [-0.39, 0.29) is 38.0 Å². The molecular formula is C26H21ClN2O5. The maximum atomic E-state index is 13.5. The van der Waals surface area contributed by atoms with Gasteiger partial charge in [-0.3, -0.25) is 14.4 Å². The van der Waals surface area contributed by atoms with Crippen LogP contribution in [0.1, 0.15) is 17.5 Å². The summed E-state index contributed by atoms with van der Waals surface area (Å²) in [6.45, 7) is 0.287. The van der Waals surface area contributed by atoms with Gasteiger partial charge in [-0.05, 0) is 47.5 Å². The molecule has 34 heavy (non-hydrogen) atoms. The van der Waals surface area contributed by atoms with Crippen molar-refractivity contribution in [2.75, 3.05) is 11.7 Å². The molecule has 1 atom stereocenters. The highest BCUT2D eigenvalue weighted by molar-refractivity contribution is 6.30. The molecule has 8 heteroatoms. The van der Waals surface area contributed by atoms with E-state index in [1.54, 1.807) is 60.7 Å². The largest absolute Gasteiger partial charge is 0.454 e. The fraction of sp³-hybridized carbons (Fsp3) is 0.192. The molecule has 0 radical (unpaired) electrons. The molecule has 0 aromatic heterocycles. The normalized spacial score (nSPS) is 16.7. The van der Waals surface area contributed by atoms with Crippen LogP contribution in [0.2, 0.25) is 5.02 Å². The third-order valence-corrected chi connectivity index (χ3v) is 6.14. The summed E-state index contributed by atoms with van der Waals surface area (Å²) in [6.07, 6.45) is -0.00430. The average Bonchev–Trinajstić information content (AvgIpc) is 3.42. The van der Waals surface area contributed by atoms with Crippen LogP contribution in [0.4, 0.5) is 5.69 Å². The van der Waals surface area contributed by atoms with Crippen LogP contribution in [-0.4, -0.2) is 35.5 Å². The first kappa shape index (κ1) is 22.0. The molecule has 2 aliphatic rings. The van der Waals surface area contributed by atoms with E-state index in [9.17, 15) is 14.4 Å². The molecule has 0 bridgehead atoms. The highest BCUT2D eigenvalue weighted by atomic mass is 35.5. The Balaban J connectivity index is 1.44. The number of rotatable bonds is 6. The number of imide groups is 1. The fourth-order valence-electron chi connectivity index (χ4n) is 4.19. The van der Waals surface area contributed by atoms with Gasteiger partial charge in [-0.25, -0.2) is 4.90 Å². The molecule has 3 amide bonds. The molecule has 5 rings (SSSR count). The summed E-state index contributed by atoms with van der Waals surface area (Å²) in [5.74, 6) is 0.200. The topological polar surface area (TPSA) is 76.1 Å². The summed E-state index contributed by atoms with van der Waals surface area (Å²) < 4.78 is 10.8. The molecule has 0 aliphatic carbocycles. The molecule has 3 aromatic rings. The number of carbonyl (C=O) groups is 3. The number of hydrogen-bond donors (Lipinski definition) is 0. The van der Waals surface area contributed by atoms with Gasteiger partial charge >= 0.3 is 0 Å². The predicted molar refractivity (Wildman–Crippen MR) is 126 cm³/mol. The molecule has 0 spiro atoms. The predicted octanol–water partition coefficient (Wildman–Crippen LogP) is 3.97. The van der Waals surface area contributed by atoms with Crippen molar-refractivity contribution in [3.8, 4) is 11.5 Å². The number of fused-ring (bicyclic) bond motifs is 1. The maximum Gasteiger partial charge on any atom is 0.257 e. The Morgan fingerprint density at radius 3 is 2.41 bits per heavy atom. The first-order valence-corrected chi connectivity index (χ1v) is 11.2.